The van der Waals surface area contributed by atoms with Gasteiger partial charge in [0.2, 0.25) is 11.8 Å². The Kier molecular flexibility index (Phi) is 9.80. The Bertz CT molecular complexity index is 929. The minimum atomic E-state index is -0.399. The Morgan fingerprint density at radius 3 is 2.29 bits per heavy atom. The van der Waals surface area contributed by atoms with Crippen LogP contribution in [0, 0.1) is 0 Å². The van der Waals surface area contributed by atoms with Crippen molar-refractivity contribution in [2.75, 3.05) is 43.6 Å². The molecular weight excluding hydrogens is 414 g/mol. The van der Waals surface area contributed by atoms with E-state index in [-0.39, 0.29) is 24.9 Å². The quantitative estimate of drug-likeness (QED) is 0.333. The van der Waals surface area contributed by atoms with Gasteiger partial charge in [0.25, 0.3) is 0 Å². The smallest absolute Gasteiger partial charge is 0.330 e. The van der Waals surface area contributed by atoms with Crippen LogP contribution in [0.4, 0.5) is 11.4 Å². The van der Waals surface area contributed by atoms with Crippen LogP contribution in [0.15, 0.2) is 59.5 Å². The summed E-state index contributed by atoms with van der Waals surface area (Å²) in [4.78, 5) is 38.5. The molecule has 2 aromatic carbocycles. The van der Waals surface area contributed by atoms with Gasteiger partial charge >= 0.3 is 5.97 Å². The summed E-state index contributed by atoms with van der Waals surface area (Å²) in [5.74, 6) is -0.812. The lowest BCUT2D eigenvalue weighted by atomic mass is 10.2. The summed E-state index contributed by atoms with van der Waals surface area (Å²) in [6, 6.07) is 14.6. The number of esters is 1. The molecule has 31 heavy (non-hydrogen) atoms. The lowest BCUT2D eigenvalue weighted by Crippen LogP contribution is -2.36. The molecule has 8 heteroatoms. The van der Waals surface area contributed by atoms with E-state index in [1.165, 1.54) is 6.08 Å². The highest BCUT2D eigenvalue weighted by atomic mass is 32.2. The highest BCUT2D eigenvalue weighted by Gasteiger charge is 2.12. The largest absolute Gasteiger partial charge is 0.463 e. The Morgan fingerprint density at radius 2 is 1.65 bits per heavy atom. The third-order valence-corrected chi connectivity index (χ3v) is 4.90. The number of para-hydroxylation sites is 1. The maximum atomic E-state index is 12.3. The SMILES string of the molecule is CCOC(=O)/C=C/c1ccc(NC(=O)CN(C)CC(=O)Nc2ccccc2SC)cc1. The second kappa shape index (κ2) is 12.6. The van der Waals surface area contributed by atoms with Crippen LogP contribution < -0.4 is 10.6 Å². The Balaban J connectivity index is 1.81. The predicted octanol–water partition coefficient (Wildman–Crippen LogP) is 3.49. The molecule has 0 spiro atoms. The topological polar surface area (TPSA) is 87.7 Å². The van der Waals surface area contributed by atoms with Crippen LogP contribution in [-0.4, -0.2) is 55.7 Å². The summed E-state index contributed by atoms with van der Waals surface area (Å²) < 4.78 is 4.83. The van der Waals surface area contributed by atoms with Gasteiger partial charge in [-0.1, -0.05) is 24.3 Å². The second-order valence-electron chi connectivity index (χ2n) is 6.68. The summed E-state index contributed by atoms with van der Waals surface area (Å²) in [5.41, 5.74) is 2.20. The molecule has 2 N–H and O–H groups in total. The number of likely N-dealkylation sites (N-methyl/N-ethyl adjacent to an activating group) is 1. The van der Waals surface area contributed by atoms with Gasteiger partial charge in [-0.05, 0) is 56.1 Å². The molecule has 0 radical (unpaired) electrons. The number of carbonyl (C=O) groups excluding carboxylic acids is 3. The fraction of sp³-hybridized carbons (Fsp3) is 0.261. The monoisotopic (exact) mass is 441 g/mol. The molecule has 0 fully saturated rings. The average molecular weight is 442 g/mol. The zero-order chi connectivity index (χ0) is 22.6. The molecule has 2 amide bonds. The van der Waals surface area contributed by atoms with Gasteiger partial charge in [0.05, 0.1) is 25.4 Å². The molecule has 0 heterocycles. The number of hydrogen-bond donors (Lipinski definition) is 2. The standard InChI is InChI=1S/C23H27N3O4S/c1-4-30-23(29)14-11-17-9-12-18(13-10-17)24-21(27)15-26(2)16-22(28)25-19-7-5-6-8-20(19)31-3/h5-14H,4,15-16H2,1-3H3,(H,24,27)(H,25,28)/b14-11+. The number of anilines is 2. The summed E-state index contributed by atoms with van der Waals surface area (Å²) >= 11 is 1.56. The second-order valence-corrected chi connectivity index (χ2v) is 7.52. The molecule has 0 saturated heterocycles. The zero-order valence-electron chi connectivity index (χ0n) is 17.9. The van der Waals surface area contributed by atoms with Crippen LogP contribution in [0.5, 0.6) is 0 Å². The van der Waals surface area contributed by atoms with E-state index in [0.29, 0.717) is 12.3 Å². The Labute approximate surface area is 186 Å². The number of carbonyl (C=O) groups is 3. The first-order valence-corrected chi connectivity index (χ1v) is 11.0. The van der Waals surface area contributed by atoms with Crippen LogP contribution in [-0.2, 0) is 19.1 Å². The first kappa shape index (κ1) is 24.2. The van der Waals surface area contributed by atoms with Crippen LogP contribution in [0.25, 0.3) is 6.08 Å². The highest BCUT2D eigenvalue weighted by molar-refractivity contribution is 7.98. The molecule has 0 unspecified atom stereocenters. The van der Waals surface area contributed by atoms with Gasteiger partial charge in [-0.2, -0.15) is 0 Å². The fourth-order valence-corrected chi connectivity index (χ4v) is 3.27. The molecule has 164 valence electrons. The summed E-state index contributed by atoms with van der Waals surface area (Å²) in [6.07, 6.45) is 4.95. The molecule has 0 bridgehead atoms. The normalized spacial score (nSPS) is 10.8. The zero-order valence-corrected chi connectivity index (χ0v) is 18.7. The Morgan fingerprint density at radius 1 is 1.00 bits per heavy atom. The number of nitrogens with one attached hydrogen (secondary N) is 2. The van der Waals surface area contributed by atoms with Crippen molar-refractivity contribution >= 4 is 47.0 Å². The van der Waals surface area contributed by atoms with E-state index < -0.39 is 5.97 Å². The van der Waals surface area contributed by atoms with E-state index in [1.807, 2.05) is 30.5 Å². The number of hydrogen-bond acceptors (Lipinski definition) is 6. The summed E-state index contributed by atoms with van der Waals surface area (Å²) in [5, 5.41) is 5.67. The number of thioether (sulfide) groups is 1. The third kappa shape index (κ3) is 8.65. The summed E-state index contributed by atoms with van der Waals surface area (Å²) in [6.45, 7) is 2.24. The van der Waals surface area contributed by atoms with Crippen LogP contribution in [0.3, 0.4) is 0 Å². The lowest BCUT2D eigenvalue weighted by Gasteiger charge is -2.17. The van der Waals surface area contributed by atoms with Crippen molar-refractivity contribution in [1.82, 2.24) is 4.90 Å². The molecule has 0 saturated carbocycles. The first-order chi connectivity index (χ1) is 14.9. The minimum Gasteiger partial charge on any atom is -0.463 e. The van der Waals surface area contributed by atoms with Crippen LogP contribution in [0.2, 0.25) is 0 Å². The predicted molar refractivity (Wildman–Crippen MR) is 125 cm³/mol. The van der Waals surface area contributed by atoms with Gasteiger partial charge in [-0.15, -0.1) is 11.8 Å². The van der Waals surface area contributed by atoms with E-state index in [4.69, 9.17) is 4.74 Å². The minimum absolute atomic E-state index is 0.0715. The molecule has 0 aliphatic heterocycles. The van der Waals surface area contributed by atoms with Gasteiger partial charge in [-0.3, -0.25) is 14.5 Å². The van der Waals surface area contributed by atoms with E-state index in [0.717, 1.165) is 16.1 Å². The van der Waals surface area contributed by atoms with Crippen molar-refractivity contribution in [2.45, 2.75) is 11.8 Å². The van der Waals surface area contributed by atoms with Crippen LogP contribution in [0.1, 0.15) is 12.5 Å². The van der Waals surface area contributed by atoms with Gasteiger partial charge in [0, 0.05) is 16.7 Å². The van der Waals surface area contributed by atoms with Crippen LogP contribution >= 0.6 is 11.8 Å². The maximum Gasteiger partial charge on any atom is 0.330 e. The number of ether oxygens (including phenoxy) is 1. The van der Waals surface area contributed by atoms with E-state index in [2.05, 4.69) is 10.6 Å². The number of rotatable bonds is 10. The molecule has 0 atom stereocenters. The molecule has 0 aliphatic carbocycles. The van der Waals surface area contributed by atoms with Crippen molar-refractivity contribution in [3.63, 3.8) is 0 Å². The molecule has 0 aromatic heterocycles. The van der Waals surface area contributed by atoms with Crippen molar-refractivity contribution < 1.29 is 19.1 Å². The lowest BCUT2D eigenvalue weighted by molar-refractivity contribution is -0.137. The van der Waals surface area contributed by atoms with Crippen molar-refractivity contribution in [3.8, 4) is 0 Å². The maximum absolute atomic E-state index is 12.3. The van der Waals surface area contributed by atoms with Gasteiger partial charge in [-0.25, -0.2) is 4.79 Å². The number of amides is 2. The highest BCUT2D eigenvalue weighted by Crippen LogP contribution is 2.24. The molecule has 2 aromatic rings. The Hall–Kier alpha value is -3.10. The van der Waals surface area contributed by atoms with Gasteiger partial charge in [0.1, 0.15) is 0 Å². The van der Waals surface area contributed by atoms with Crippen molar-refractivity contribution in [1.29, 1.82) is 0 Å². The van der Waals surface area contributed by atoms with Gasteiger partial charge < -0.3 is 15.4 Å². The number of nitrogens with zero attached hydrogens (tertiary/aromatic N) is 1. The summed E-state index contributed by atoms with van der Waals surface area (Å²) in [7, 11) is 1.71. The van der Waals surface area contributed by atoms with E-state index in [1.54, 1.807) is 61.0 Å². The average Bonchev–Trinajstić information content (AvgIpc) is 2.73. The molecule has 7 nitrogen and oxygen atoms in total. The van der Waals surface area contributed by atoms with Gasteiger partial charge in [0.15, 0.2) is 0 Å². The van der Waals surface area contributed by atoms with E-state index in [9.17, 15) is 14.4 Å². The number of benzene rings is 2. The van der Waals surface area contributed by atoms with E-state index >= 15 is 0 Å². The molecule has 2 rings (SSSR count). The van der Waals surface area contributed by atoms with Crippen molar-refractivity contribution in [3.05, 3.63) is 60.2 Å². The first-order valence-electron chi connectivity index (χ1n) is 9.77. The third-order valence-electron chi connectivity index (χ3n) is 4.10. The fourth-order valence-electron chi connectivity index (χ4n) is 2.72. The molecular formula is C23H27N3O4S. The molecule has 0 aliphatic rings. The van der Waals surface area contributed by atoms with Crippen molar-refractivity contribution in [2.24, 2.45) is 0 Å².